The average Bonchev–Trinajstić information content (AvgIpc) is 3.09. The average molecular weight is 506 g/mol. The summed E-state index contributed by atoms with van der Waals surface area (Å²) in [6, 6.07) is 5.47. The first-order chi connectivity index (χ1) is 17.1. The predicted octanol–water partition coefficient (Wildman–Crippen LogP) is 4.49. The van der Waals surface area contributed by atoms with Crippen molar-refractivity contribution in [1.29, 1.82) is 0 Å². The Morgan fingerprint density at radius 1 is 1.08 bits per heavy atom. The Morgan fingerprint density at radius 3 is 2.28 bits per heavy atom. The molecule has 2 saturated heterocycles. The molecule has 2 heterocycles. The quantitative estimate of drug-likeness (QED) is 0.321. The van der Waals surface area contributed by atoms with E-state index in [0.29, 0.717) is 31.9 Å². The Labute approximate surface area is 210 Å². The number of halogens is 3. The lowest BCUT2D eigenvalue weighted by Crippen LogP contribution is -2.45. The van der Waals surface area contributed by atoms with Crippen molar-refractivity contribution >= 4 is 17.5 Å². The minimum atomic E-state index is -2.99. The van der Waals surface area contributed by atoms with Gasteiger partial charge in [0.1, 0.15) is 5.92 Å². The highest BCUT2D eigenvalue weighted by Crippen LogP contribution is 2.47. The number of carbonyl (C=O) groups is 2. The number of morpholine rings is 1. The van der Waals surface area contributed by atoms with Gasteiger partial charge in [-0.15, -0.1) is 0 Å². The fraction of sp³-hybridized carbons (Fsp3) is 0.556. The van der Waals surface area contributed by atoms with Gasteiger partial charge in [-0.1, -0.05) is 45.9 Å². The van der Waals surface area contributed by atoms with Crippen LogP contribution in [0.1, 0.15) is 57.1 Å². The molecule has 1 aromatic rings. The summed E-state index contributed by atoms with van der Waals surface area (Å²) in [6.07, 6.45) is 1.24. The van der Waals surface area contributed by atoms with E-state index >= 15 is 13.2 Å². The normalized spacial score (nSPS) is 25.3. The monoisotopic (exact) mass is 505 g/mol. The summed E-state index contributed by atoms with van der Waals surface area (Å²) in [4.78, 5) is 29.9. The van der Waals surface area contributed by atoms with Gasteiger partial charge in [0.05, 0.1) is 18.9 Å². The molecular weight excluding hydrogens is 471 g/mol. The summed E-state index contributed by atoms with van der Waals surface area (Å²) >= 11 is 0. The second-order valence-corrected chi connectivity index (χ2v) is 10.2. The van der Waals surface area contributed by atoms with Gasteiger partial charge < -0.3 is 4.74 Å². The van der Waals surface area contributed by atoms with Crippen LogP contribution < -0.4 is 10.2 Å². The number of amides is 2. The molecule has 9 heteroatoms. The van der Waals surface area contributed by atoms with Crippen LogP contribution in [-0.2, 0) is 14.3 Å². The number of fused-ring (bicyclic) bond motifs is 1. The molecule has 1 N–H and O–H groups in total. The van der Waals surface area contributed by atoms with Gasteiger partial charge in [0, 0.05) is 18.7 Å². The number of hydrogen-bond acceptors (Lipinski definition) is 5. The molecule has 0 spiro atoms. The minimum Gasteiger partial charge on any atom is -0.379 e. The van der Waals surface area contributed by atoms with Crippen molar-refractivity contribution in [3.8, 4) is 0 Å². The van der Waals surface area contributed by atoms with Crippen molar-refractivity contribution in [2.45, 2.75) is 51.7 Å². The highest BCUT2D eigenvalue weighted by molar-refractivity contribution is 6.31. The van der Waals surface area contributed by atoms with Crippen LogP contribution in [0.4, 0.5) is 18.9 Å². The molecule has 0 saturated carbocycles. The van der Waals surface area contributed by atoms with Crippen LogP contribution >= 0.6 is 0 Å². The maximum atomic E-state index is 15.7. The molecule has 3 aliphatic rings. The number of carbonyl (C=O) groups excluding carboxylic acids is 2. The van der Waals surface area contributed by atoms with Crippen LogP contribution in [0.2, 0.25) is 0 Å². The van der Waals surface area contributed by atoms with E-state index in [4.69, 9.17) is 4.74 Å². The Bertz CT molecular complexity index is 1070. The Hall–Kier alpha value is -2.49. The Balaban J connectivity index is 1.62. The van der Waals surface area contributed by atoms with Gasteiger partial charge >= 0.3 is 0 Å². The second kappa shape index (κ2) is 10.5. The third-order valence-electron chi connectivity index (χ3n) is 7.07. The van der Waals surface area contributed by atoms with Crippen LogP contribution in [0, 0.1) is 5.92 Å². The van der Waals surface area contributed by atoms with Crippen LogP contribution in [0.5, 0.6) is 0 Å². The fourth-order valence-corrected chi connectivity index (χ4v) is 5.09. The molecule has 6 nitrogen and oxygen atoms in total. The molecule has 0 radical (unpaired) electrons. The van der Waals surface area contributed by atoms with E-state index in [1.165, 1.54) is 0 Å². The van der Waals surface area contributed by atoms with Gasteiger partial charge in [-0.05, 0) is 48.5 Å². The van der Waals surface area contributed by atoms with E-state index in [2.05, 4.69) is 10.2 Å². The van der Waals surface area contributed by atoms with Crippen molar-refractivity contribution in [1.82, 2.24) is 10.2 Å². The number of nitrogens with zero attached hydrogens (tertiary/aromatic N) is 2. The van der Waals surface area contributed by atoms with E-state index in [-0.39, 0.29) is 24.0 Å². The van der Waals surface area contributed by atoms with Gasteiger partial charge in [-0.25, -0.2) is 18.1 Å². The van der Waals surface area contributed by atoms with Crippen molar-refractivity contribution in [2.75, 3.05) is 44.3 Å². The van der Waals surface area contributed by atoms with Crippen LogP contribution in [-0.4, -0.2) is 61.9 Å². The molecule has 1 aliphatic carbocycles. The number of anilines is 1. The highest BCUT2D eigenvalue weighted by atomic mass is 19.2. The first-order valence-corrected chi connectivity index (χ1v) is 12.6. The standard InChI is InChI=1S/C27H34F3N3O3/c1-16(2)18-7-5-8-19(17(3)4)23(18)33-25(34)20-15-27(30,24(29)22(28)21(20)26(33)35)31-9-6-10-32-11-13-36-14-12-32/h5,7-8,15-17,21,31H,6,9-14H2,1-4H3. The maximum absolute atomic E-state index is 15.7. The number of alkyl halides is 1. The number of ether oxygens (including phenoxy) is 1. The topological polar surface area (TPSA) is 61.9 Å². The smallest absolute Gasteiger partial charge is 0.262 e. The van der Waals surface area contributed by atoms with Gasteiger partial charge in [0.15, 0.2) is 11.7 Å². The molecular formula is C27H34F3N3O3. The van der Waals surface area contributed by atoms with Crippen molar-refractivity contribution in [3.63, 3.8) is 0 Å². The number of para-hydroxylation sites is 1. The Morgan fingerprint density at radius 2 is 1.69 bits per heavy atom. The lowest BCUT2D eigenvalue weighted by molar-refractivity contribution is -0.122. The minimum absolute atomic E-state index is 0.0403. The van der Waals surface area contributed by atoms with E-state index in [1.807, 2.05) is 45.9 Å². The van der Waals surface area contributed by atoms with Crippen LogP contribution in [0.25, 0.3) is 0 Å². The second-order valence-electron chi connectivity index (χ2n) is 10.2. The van der Waals surface area contributed by atoms with Crippen LogP contribution in [0.3, 0.4) is 0 Å². The molecule has 36 heavy (non-hydrogen) atoms. The number of imide groups is 1. The predicted molar refractivity (Wildman–Crippen MR) is 132 cm³/mol. The molecule has 2 atom stereocenters. The van der Waals surface area contributed by atoms with Crippen molar-refractivity contribution in [3.05, 3.63) is 52.6 Å². The summed E-state index contributed by atoms with van der Waals surface area (Å²) in [5, 5.41) is 2.42. The third-order valence-corrected chi connectivity index (χ3v) is 7.07. The van der Waals surface area contributed by atoms with Crippen molar-refractivity contribution in [2.24, 2.45) is 5.92 Å². The summed E-state index contributed by atoms with van der Waals surface area (Å²) in [5.41, 5.74) is 1.47. The lowest BCUT2D eigenvalue weighted by Gasteiger charge is -2.29. The molecule has 0 aromatic heterocycles. The summed E-state index contributed by atoms with van der Waals surface area (Å²) in [5.74, 6) is -9.83. The lowest BCUT2D eigenvalue weighted by atomic mass is 9.90. The van der Waals surface area contributed by atoms with E-state index < -0.39 is 35.2 Å². The number of rotatable bonds is 8. The SMILES string of the molecule is CC(C)c1cccc(C(C)C)c1N1C(=O)C2=CC(F)(NCCCN3CCOCC3)C(F)=C(F)C2C1=O. The van der Waals surface area contributed by atoms with E-state index in [1.54, 1.807) is 0 Å². The van der Waals surface area contributed by atoms with Gasteiger partial charge in [0.2, 0.25) is 11.7 Å². The largest absolute Gasteiger partial charge is 0.379 e. The van der Waals surface area contributed by atoms with Gasteiger partial charge in [-0.2, -0.15) is 0 Å². The van der Waals surface area contributed by atoms with Gasteiger partial charge in [-0.3, -0.25) is 19.8 Å². The summed E-state index contributed by atoms with van der Waals surface area (Å²) in [7, 11) is 0. The fourth-order valence-electron chi connectivity index (χ4n) is 5.09. The molecule has 2 unspecified atom stereocenters. The van der Waals surface area contributed by atoms with E-state index in [0.717, 1.165) is 35.2 Å². The molecule has 1 aromatic carbocycles. The van der Waals surface area contributed by atoms with Gasteiger partial charge in [0.25, 0.3) is 5.91 Å². The molecule has 2 aliphatic heterocycles. The van der Waals surface area contributed by atoms with Crippen LogP contribution in [0.15, 0.2) is 41.5 Å². The number of nitrogens with one attached hydrogen (secondary N) is 1. The van der Waals surface area contributed by atoms with Crippen molar-refractivity contribution < 1.29 is 27.5 Å². The zero-order valence-corrected chi connectivity index (χ0v) is 21.2. The zero-order valence-electron chi connectivity index (χ0n) is 21.2. The highest BCUT2D eigenvalue weighted by Gasteiger charge is 2.55. The molecule has 4 rings (SSSR count). The first-order valence-electron chi connectivity index (χ1n) is 12.6. The first kappa shape index (κ1) is 26.6. The van der Waals surface area contributed by atoms with E-state index in [9.17, 15) is 9.59 Å². The molecule has 2 amide bonds. The third kappa shape index (κ3) is 4.76. The molecule has 0 bridgehead atoms. The number of hydrogen-bond donors (Lipinski definition) is 1. The summed E-state index contributed by atoms with van der Waals surface area (Å²) in [6.45, 7) is 11.2. The number of benzene rings is 1. The zero-order chi connectivity index (χ0) is 26.2. The maximum Gasteiger partial charge on any atom is 0.262 e. The summed E-state index contributed by atoms with van der Waals surface area (Å²) < 4.78 is 51.2. The molecule has 2 fully saturated rings. The molecule has 196 valence electrons. The Kier molecular flexibility index (Phi) is 7.73.